The van der Waals surface area contributed by atoms with Gasteiger partial charge in [0, 0.05) is 31.4 Å². The lowest BCUT2D eigenvalue weighted by molar-refractivity contribution is 0.263. The highest BCUT2D eigenvalue weighted by Gasteiger charge is 2.24. The first-order chi connectivity index (χ1) is 8.22. The predicted molar refractivity (Wildman–Crippen MR) is 71.1 cm³/mol. The van der Waals surface area contributed by atoms with Crippen molar-refractivity contribution in [1.29, 1.82) is 0 Å². The normalized spacial score (nSPS) is 21.8. The maximum atomic E-state index is 8.99. The van der Waals surface area contributed by atoms with Crippen LogP contribution in [0.3, 0.4) is 0 Å². The second-order valence-corrected chi connectivity index (χ2v) is 4.96. The summed E-state index contributed by atoms with van der Waals surface area (Å²) in [6.07, 6.45) is 2.09. The molecule has 3 N–H and O–H groups in total. The molecule has 0 spiro atoms. The lowest BCUT2D eigenvalue weighted by atomic mass is 10.1. The summed E-state index contributed by atoms with van der Waals surface area (Å²) in [4.78, 5) is 2.40. The van der Waals surface area contributed by atoms with Gasteiger partial charge in [-0.05, 0) is 37.3 Å². The number of aliphatic hydroxyl groups is 1. The Morgan fingerprint density at radius 3 is 2.94 bits per heavy atom. The van der Waals surface area contributed by atoms with Gasteiger partial charge in [0.15, 0.2) is 0 Å². The SMILES string of the molecule is CC(N)c1ccccc1N1CCC(CCO)C1. The average molecular weight is 234 g/mol. The van der Waals surface area contributed by atoms with Crippen LogP contribution < -0.4 is 10.6 Å². The molecular weight excluding hydrogens is 212 g/mol. The van der Waals surface area contributed by atoms with E-state index >= 15 is 0 Å². The third-order valence-electron chi connectivity index (χ3n) is 3.59. The van der Waals surface area contributed by atoms with Crippen LogP contribution in [-0.2, 0) is 0 Å². The Hall–Kier alpha value is -1.06. The summed E-state index contributed by atoms with van der Waals surface area (Å²) in [5, 5.41) is 8.99. The third-order valence-corrected chi connectivity index (χ3v) is 3.59. The van der Waals surface area contributed by atoms with Gasteiger partial charge in [0.1, 0.15) is 0 Å². The summed E-state index contributed by atoms with van der Waals surface area (Å²) in [5.74, 6) is 0.626. The summed E-state index contributed by atoms with van der Waals surface area (Å²) < 4.78 is 0. The van der Waals surface area contributed by atoms with Gasteiger partial charge < -0.3 is 15.7 Å². The van der Waals surface area contributed by atoms with Gasteiger partial charge in [-0.15, -0.1) is 0 Å². The second kappa shape index (κ2) is 5.52. The van der Waals surface area contributed by atoms with E-state index in [0.29, 0.717) is 12.5 Å². The minimum absolute atomic E-state index is 0.0723. The Morgan fingerprint density at radius 1 is 1.47 bits per heavy atom. The molecule has 3 nitrogen and oxygen atoms in total. The molecule has 2 atom stereocenters. The number of anilines is 1. The van der Waals surface area contributed by atoms with Gasteiger partial charge in [-0.25, -0.2) is 0 Å². The molecule has 0 amide bonds. The number of aliphatic hydroxyl groups excluding tert-OH is 1. The Balaban J connectivity index is 2.13. The molecule has 1 aliphatic rings. The summed E-state index contributed by atoms with van der Waals surface area (Å²) >= 11 is 0. The lowest BCUT2D eigenvalue weighted by Crippen LogP contribution is -2.22. The summed E-state index contributed by atoms with van der Waals surface area (Å²) in [5.41, 5.74) is 8.49. The van der Waals surface area contributed by atoms with Crippen molar-refractivity contribution < 1.29 is 5.11 Å². The van der Waals surface area contributed by atoms with Crippen LogP contribution in [0.4, 0.5) is 5.69 Å². The molecule has 1 aromatic rings. The highest BCUT2D eigenvalue weighted by atomic mass is 16.3. The molecule has 0 bridgehead atoms. The van der Waals surface area contributed by atoms with Crippen LogP contribution in [0.25, 0.3) is 0 Å². The van der Waals surface area contributed by atoms with Crippen LogP contribution >= 0.6 is 0 Å². The molecule has 2 rings (SSSR count). The van der Waals surface area contributed by atoms with E-state index in [1.807, 2.05) is 13.0 Å². The van der Waals surface area contributed by atoms with Gasteiger partial charge in [0.2, 0.25) is 0 Å². The maximum absolute atomic E-state index is 8.99. The van der Waals surface area contributed by atoms with E-state index in [1.54, 1.807) is 0 Å². The highest BCUT2D eigenvalue weighted by Crippen LogP contribution is 2.30. The number of nitrogens with two attached hydrogens (primary N) is 1. The molecular formula is C14H22N2O. The zero-order chi connectivity index (χ0) is 12.3. The van der Waals surface area contributed by atoms with Crippen LogP contribution in [0.1, 0.15) is 31.4 Å². The van der Waals surface area contributed by atoms with Crippen molar-refractivity contribution in [2.75, 3.05) is 24.6 Å². The van der Waals surface area contributed by atoms with E-state index in [9.17, 15) is 0 Å². The molecule has 0 saturated carbocycles. The number of benzene rings is 1. The zero-order valence-corrected chi connectivity index (χ0v) is 10.5. The third kappa shape index (κ3) is 2.79. The van der Waals surface area contributed by atoms with E-state index in [2.05, 4.69) is 23.1 Å². The minimum Gasteiger partial charge on any atom is -0.396 e. The van der Waals surface area contributed by atoms with Crippen molar-refractivity contribution in [3.63, 3.8) is 0 Å². The molecule has 2 unspecified atom stereocenters. The van der Waals surface area contributed by atoms with Crippen LogP contribution in [0.2, 0.25) is 0 Å². The van der Waals surface area contributed by atoms with Crippen molar-refractivity contribution in [2.24, 2.45) is 11.7 Å². The maximum Gasteiger partial charge on any atom is 0.0434 e. The quantitative estimate of drug-likeness (QED) is 0.836. The largest absolute Gasteiger partial charge is 0.396 e. The van der Waals surface area contributed by atoms with E-state index in [-0.39, 0.29) is 6.04 Å². The van der Waals surface area contributed by atoms with E-state index in [0.717, 1.165) is 19.5 Å². The predicted octanol–water partition coefficient (Wildman–Crippen LogP) is 1.92. The smallest absolute Gasteiger partial charge is 0.0434 e. The molecule has 1 heterocycles. The van der Waals surface area contributed by atoms with Gasteiger partial charge >= 0.3 is 0 Å². The van der Waals surface area contributed by atoms with Crippen molar-refractivity contribution in [3.8, 4) is 0 Å². The van der Waals surface area contributed by atoms with Crippen molar-refractivity contribution in [1.82, 2.24) is 0 Å². The number of hydrogen-bond acceptors (Lipinski definition) is 3. The van der Waals surface area contributed by atoms with Gasteiger partial charge in [-0.2, -0.15) is 0 Å². The number of rotatable bonds is 4. The van der Waals surface area contributed by atoms with Gasteiger partial charge in [0.05, 0.1) is 0 Å². The highest BCUT2D eigenvalue weighted by molar-refractivity contribution is 5.55. The standard InChI is InChI=1S/C14H22N2O/c1-11(15)13-4-2-3-5-14(13)16-8-6-12(10-16)7-9-17/h2-5,11-12,17H,6-10,15H2,1H3. The summed E-state index contributed by atoms with van der Waals surface area (Å²) in [7, 11) is 0. The first kappa shape index (κ1) is 12.4. The summed E-state index contributed by atoms with van der Waals surface area (Å²) in [6.45, 7) is 4.45. The van der Waals surface area contributed by atoms with Gasteiger partial charge in [-0.3, -0.25) is 0 Å². The molecule has 3 heteroatoms. The van der Waals surface area contributed by atoms with Crippen molar-refractivity contribution in [3.05, 3.63) is 29.8 Å². The second-order valence-electron chi connectivity index (χ2n) is 4.96. The molecule has 1 aromatic carbocycles. The fraction of sp³-hybridized carbons (Fsp3) is 0.571. The van der Waals surface area contributed by atoms with E-state index in [1.165, 1.54) is 17.7 Å². The van der Waals surface area contributed by atoms with E-state index in [4.69, 9.17) is 10.8 Å². The van der Waals surface area contributed by atoms with Gasteiger partial charge in [0.25, 0.3) is 0 Å². The van der Waals surface area contributed by atoms with Crippen LogP contribution in [0.5, 0.6) is 0 Å². The summed E-state index contributed by atoms with van der Waals surface area (Å²) in [6, 6.07) is 8.45. The molecule has 17 heavy (non-hydrogen) atoms. The number of hydrogen-bond donors (Lipinski definition) is 2. The first-order valence-electron chi connectivity index (χ1n) is 6.42. The average Bonchev–Trinajstić information content (AvgIpc) is 2.78. The van der Waals surface area contributed by atoms with Crippen LogP contribution in [-0.4, -0.2) is 24.8 Å². The molecule has 94 valence electrons. The molecule has 0 aromatic heterocycles. The number of nitrogens with zero attached hydrogens (tertiary/aromatic N) is 1. The molecule has 0 radical (unpaired) electrons. The monoisotopic (exact) mass is 234 g/mol. The van der Waals surface area contributed by atoms with E-state index < -0.39 is 0 Å². The molecule has 1 aliphatic heterocycles. The fourth-order valence-corrected chi connectivity index (χ4v) is 2.63. The van der Waals surface area contributed by atoms with Crippen LogP contribution in [0, 0.1) is 5.92 Å². The molecule has 1 fully saturated rings. The fourth-order valence-electron chi connectivity index (χ4n) is 2.63. The Labute approximate surface area is 103 Å². The molecule has 0 aliphatic carbocycles. The molecule has 1 saturated heterocycles. The minimum atomic E-state index is 0.0723. The first-order valence-corrected chi connectivity index (χ1v) is 6.42. The zero-order valence-electron chi connectivity index (χ0n) is 10.5. The Bertz CT molecular complexity index is 365. The lowest BCUT2D eigenvalue weighted by Gasteiger charge is -2.23. The van der Waals surface area contributed by atoms with Crippen molar-refractivity contribution >= 4 is 5.69 Å². The Kier molecular flexibility index (Phi) is 4.02. The Morgan fingerprint density at radius 2 is 2.24 bits per heavy atom. The topological polar surface area (TPSA) is 49.5 Å². The van der Waals surface area contributed by atoms with Crippen molar-refractivity contribution in [2.45, 2.75) is 25.8 Å². The van der Waals surface area contributed by atoms with Gasteiger partial charge in [-0.1, -0.05) is 18.2 Å². The number of para-hydroxylation sites is 1. The van der Waals surface area contributed by atoms with Crippen LogP contribution in [0.15, 0.2) is 24.3 Å².